The van der Waals surface area contributed by atoms with Gasteiger partial charge in [0.2, 0.25) is 11.8 Å². The number of anilines is 2. The van der Waals surface area contributed by atoms with Crippen LogP contribution >= 0.6 is 11.8 Å². The predicted octanol–water partition coefficient (Wildman–Crippen LogP) is 4.31. The highest BCUT2D eigenvalue weighted by Gasteiger charge is 2.43. The van der Waals surface area contributed by atoms with Crippen LogP contribution in [0.2, 0.25) is 0 Å². The van der Waals surface area contributed by atoms with Gasteiger partial charge >= 0.3 is 0 Å². The lowest BCUT2D eigenvalue weighted by molar-refractivity contribution is -0.125. The average Bonchev–Trinajstić information content (AvgIpc) is 2.73. The van der Waals surface area contributed by atoms with E-state index in [1.54, 1.807) is 24.8 Å². The minimum Gasteiger partial charge on any atom is -0.322 e. The van der Waals surface area contributed by atoms with E-state index in [1.165, 1.54) is 11.8 Å². The fraction of sp³-hybridized carbons (Fsp3) is 0.217. The van der Waals surface area contributed by atoms with E-state index in [1.807, 2.05) is 61.5 Å². The molecule has 0 bridgehead atoms. The zero-order valence-corrected chi connectivity index (χ0v) is 17.9. The van der Waals surface area contributed by atoms with Crippen LogP contribution in [0.25, 0.3) is 11.3 Å². The molecule has 0 radical (unpaired) electrons. The zero-order valence-electron chi connectivity index (χ0n) is 17.0. The molecule has 152 valence electrons. The number of benzene rings is 2. The quantitative estimate of drug-likeness (QED) is 0.505. The molecule has 0 saturated carbocycles. The number of carbonyl (C=O) groups is 2. The Bertz CT molecular complexity index is 1120. The molecule has 7 heteroatoms. The van der Waals surface area contributed by atoms with Gasteiger partial charge in [0.15, 0.2) is 5.16 Å². The molecule has 0 spiro atoms. The Hall–Kier alpha value is -3.19. The monoisotopic (exact) mass is 418 g/mol. The van der Waals surface area contributed by atoms with Gasteiger partial charge in [-0.2, -0.15) is 0 Å². The number of hydrogen-bond donors (Lipinski definition) is 1. The van der Waals surface area contributed by atoms with Crippen LogP contribution in [0.3, 0.4) is 0 Å². The summed E-state index contributed by atoms with van der Waals surface area (Å²) in [5.41, 5.74) is 3.00. The van der Waals surface area contributed by atoms with Gasteiger partial charge in [-0.1, -0.05) is 54.2 Å². The van der Waals surface area contributed by atoms with Crippen LogP contribution in [-0.4, -0.2) is 33.1 Å². The van der Waals surface area contributed by atoms with Gasteiger partial charge in [-0.15, -0.1) is 0 Å². The van der Waals surface area contributed by atoms with E-state index in [0.717, 1.165) is 17.0 Å². The highest BCUT2D eigenvalue weighted by atomic mass is 32.2. The lowest BCUT2D eigenvalue weighted by Crippen LogP contribution is -2.58. The zero-order chi connectivity index (χ0) is 21.3. The Morgan fingerprint density at radius 3 is 2.53 bits per heavy atom. The van der Waals surface area contributed by atoms with Crippen LogP contribution in [0.4, 0.5) is 11.4 Å². The first-order valence-electron chi connectivity index (χ1n) is 9.64. The van der Waals surface area contributed by atoms with Crippen LogP contribution in [0.1, 0.15) is 19.5 Å². The molecule has 0 fully saturated rings. The third kappa shape index (κ3) is 3.80. The molecule has 0 saturated heterocycles. The number of fused-ring (bicyclic) bond motifs is 1. The minimum atomic E-state index is -0.991. The van der Waals surface area contributed by atoms with Gasteiger partial charge in [0.05, 0.1) is 22.8 Å². The molecule has 0 atom stereocenters. The maximum atomic E-state index is 13.2. The van der Waals surface area contributed by atoms with Crippen molar-refractivity contribution in [3.8, 4) is 11.3 Å². The van der Waals surface area contributed by atoms with Crippen molar-refractivity contribution in [3.05, 3.63) is 66.4 Å². The van der Waals surface area contributed by atoms with E-state index >= 15 is 0 Å². The van der Waals surface area contributed by atoms with E-state index in [2.05, 4.69) is 15.3 Å². The lowest BCUT2D eigenvalue weighted by atomic mass is 9.96. The van der Waals surface area contributed by atoms with Crippen LogP contribution < -0.4 is 10.2 Å². The van der Waals surface area contributed by atoms with Gasteiger partial charge in [0.1, 0.15) is 5.54 Å². The van der Waals surface area contributed by atoms with Crippen molar-refractivity contribution >= 4 is 35.0 Å². The number of hydrogen-bond acceptors (Lipinski definition) is 5. The van der Waals surface area contributed by atoms with Crippen molar-refractivity contribution in [1.82, 2.24) is 9.97 Å². The second-order valence-electron chi connectivity index (χ2n) is 7.59. The Morgan fingerprint density at radius 2 is 1.77 bits per heavy atom. The van der Waals surface area contributed by atoms with E-state index < -0.39 is 5.54 Å². The van der Waals surface area contributed by atoms with Gasteiger partial charge in [-0.3, -0.25) is 14.5 Å². The largest absolute Gasteiger partial charge is 0.322 e. The first-order chi connectivity index (χ1) is 14.4. The number of thioether (sulfide) groups is 1. The van der Waals surface area contributed by atoms with E-state index in [9.17, 15) is 9.59 Å². The van der Waals surface area contributed by atoms with Gasteiger partial charge in [-0.05, 0) is 39.0 Å². The molecule has 1 N–H and O–H groups in total. The molecule has 3 aromatic rings. The Labute approximate surface area is 179 Å². The molecule has 0 aliphatic carbocycles. The van der Waals surface area contributed by atoms with Crippen molar-refractivity contribution in [3.63, 3.8) is 0 Å². The summed E-state index contributed by atoms with van der Waals surface area (Å²) in [6, 6.07) is 19.1. The van der Waals surface area contributed by atoms with Crippen LogP contribution in [0.5, 0.6) is 0 Å². The molecule has 1 aliphatic rings. The summed E-state index contributed by atoms with van der Waals surface area (Å²) < 4.78 is 0. The van der Waals surface area contributed by atoms with Gasteiger partial charge < -0.3 is 5.32 Å². The summed E-state index contributed by atoms with van der Waals surface area (Å²) in [5, 5.41) is 3.41. The summed E-state index contributed by atoms with van der Waals surface area (Å²) in [5.74, 6) is -0.251. The number of para-hydroxylation sites is 2. The maximum absolute atomic E-state index is 13.2. The Kier molecular flexibility index (Phi) is 5.30. The maximum Gasteiger partial charge on any atom is 0.250 e. The van der Waals surface area contributed by atoms with Crippen molar-refractivity contribution < 1.29 is 9.59 Å². The van der Waals surface area contributed by atoms with Gasteiger partial charge in [0, 0.05) is 11.3 Å². The van der Waals surface area contributed by atoms with Crippen molar-refractivity contribution in [2.75, 3.05) is 16.0 Å². The number of nitrogens with one attached hydrogen (secondary N) is 1. The molecular weight excluding hydrogens is 396 g/mol. The predicted molar refractivity (Wildman–Crippen MR) is 120 cm³/mol. The van der Waals surface area contributed by atoms with Gasteiger partial charge in [-0.25, -0.2) is 9.97 Å². The molecule has 2 heterocycles. The van der Waals surface area contributed by atoms with E-state index in [4.69, 9.17) is 0 Å². The van der Waals surface area contributed by atoms with Crippen molar-refractivity contribution in [2.45, 2.75) is 31.5 Å². The minimum absolute atomic E-state index is 0.128. The normalized spacial score (nSPS) is 14.8. The molecular formula is C23H22N4O2S. The fourth-order valence-corrected chi connectivity index (χ4v) is 4.20. The van der Waals surface area contributed by atoms with Crippen molar-refractivity contribution in [2.24, 2.45) is 0 Å². The molecule has 0 unspecified atom stereocenters. The average molecular weight is 419 g/mol. The first-order valence-corrected chi connectivity index (χ1v) is 10.6. The molecule has 2 amide bonds. The molecule has 30 heavy (non-hydrogen) atoms. The topological polar surface area (TPSA) is 75.2 Å². The second kappa shape index (κ2) is 7.91. The molecule has 2 aromatic carbocycles. The fourth-order valence-electron chi connectivity index (χ4n) is 3.45. The number of aryl methyl sites for hydroxylation is 1. The van der Waals surface area contributed by atoms with E-state index in [0.29, 0.717) is 16.5 Å². The van der Waals surface area contributed by atoms with E-state index in [-0.39, 0.29) is 17.6 Å². The highest BCUT2D eigenvalue weighted by molar-refractivity contribution is 7.99. The summed E-state index contributed by atoms with van der Waals surface area (Å²) in [4.78, 5) is 36.4. The number of aromatic nitrogens is 2. The molecule has 1 aromatic heterocycles. The standard InChI is InChI=1S/C23H22N4O2S/c1-15-13-18(16-9-5-4-6-10-16)26-22(24-15)30-14-20(28)27-19-12-8-7-11-17(19)25-21(29)23(27,2)3/h4-13H,14H2,1-3H3,(H,25,29). The number of nitrogens with zero attached hydrogens (tertiary/aromatic N) is 3. The first kappa shape index (κ1) is 20.1. The summed E-state index contributed by atoms with van der Waals surface area (Å²) >= 11 is 1.28. The molecule has 4 rings (SSSR count). The SMILES string of the molecule is Cc1cc(-c2ccccc2)nc(SCC(=O)N2c3ccccc3NC(=O)C2(C)C)n1. The second-order valence-corrected chi connectivity index (χ2v) is 8.53. The Morgan fingerprint density at radius 1 is 1.07 bits per heavy atom. The number of carbonyl (C=O) groups excluding carboxylic acids is 2. The third-order valence-electron chi connectivity index (χ3n) is 4.99. The molecule has 1 aliphatic heterocycles. The smallest absolute Gasteiger partial charge is 0.250 e. The highest BCUT2D eigenvalue weighted by Crippen LogP contribution is 2.37. The summed E-state index contributed by atoms with van der Waals surface area (Å²) in [7, 11) is 0. The molecule has 6 nitrogen and oxygen atoms in total. The number of amides is 2. The van der Waals surface area contributed by atoms with Crippen LogP contribution in [-0.2, 0) is 9.59 Å². The van der Waals surface area contributed by atoms with Crippen LogP contribution in [0, 0.1) is 6.92 Å². The third-order valence-corrected chi connectivity index (χ3v) is 5.82. The van der Waals surface area contributed by atoms with Crippen molar-refractivity contribution in [1.29, 1.82) is 0 Å². The van der Waals surface area contributed by atoms with Crippen LogP contribution in [0.15, 0.2) is 65.8 Å². The Balaban J connectivity index is 1.58. The number of rotatable bonds is 4. The lowest BCUT2D eigenvalue weighted by Gasteiger charge is -2.42. The summed E-state index contributed by atoms with van der Waals surface area (Å²) in [6.07, 6.45) is 0. The summed E-state index contributed by atoms with van der Waals surface area (Å²) in [6.45, 7) is 5.41. The van der Waals surface area contributed by atoms with Gasteiger partial charge in [0.25, 0.3) is 0 Å².